The molecule has 186 valence electrons. The van der Waals surface area contributed by atoms with E-state index in [1.807, 2.05) is 32.9 Å². The number of rotatable bonds is 5. The molecule has 2 saturated heterocycles. The van der Waals surface area contributed by atoms with Gasteiger partial charge in [-0.2, -0.15) is 0 Å². The van der Waals surface area contributed by atoms with Crippen molar-refractivity contribution < 1.29 is 23.5 Å². The van der Waals surface area contributed by atoms with E-state index in [0.29, 0.717) is 31.5 Å². The molecule has 2 heterocycles. The summed E-state index contributed by atoms with van der Waals surface area (Å²) < 4.78 is 19.8. The zero-order valence-corrected chi connectivity index (χ0v) is 20.4. The van der Waals surface area contributed by atoms with Gasteiger partial charge in [0.05, 0.1) is 6.61 Å². The van der Waals surface area contributed by atoms with Gasteiger partial charge < -0.3 is 15.0 Å². The van der Waals surface area contributed by atoms with Crippen molar-refractivity contribution in [3.05, 3.63) is 71.0 Å². The van der Waals surface area contributed by atoms with Gasteiger partial charge in [-0.1, -0.05) is 30.7 Å². The number of halogens is 1. The maximum Gasteiger partial charge on any atom is 0.256 e. The second-order valence-electron chi connectivity index (χ2n) is 9.44. The Kier molecular flexibility index (Phi) is 7.21. The van der Waals surface area contributed by atoms with Gasteiger partial charge in [-0.3, -0.25) is 19.3 Å². The van der Waals surface area contributed by atoms with Crippen molar-refractivity contribution in [1.82, 2.24) is 15.1 Å². The summed E-state index contributed by atoms with van der Waals surface area (Å²) in [5, 5.41) is 2.98. The number of ether oxygens (including phenoxy) is 1. The first-order valence-electron chi connectivity index (χ1n) is 12.1. The molecule has 8 heteroatoms. The van der Waals surface area contributed by atoms with Gasteiger partial charge >= 0.3 is 0 Å². The van der Waals surface area contributed by atoms with Crippen molar-refractivity contribution >= 4 is 17.7 Å². The Morgan fingerprint density at radius 3 is 2.37 bits per heavy atom. The molecule has 0 bridgehead atoms. The van der Waals surface area contributed by atoms with E-state index in [4.69, 9.17) is 4.74 Å². The molecule has 2 aromatic carbocycles. The molecule has 2 aliphatic heterocycles. The number of carbonyl (C=O) groups excluding carboxylic acids is 3. The Bertz CT molecular complexity index is 1110. The number of likely N-dealkylation sites (tertiary alicyclic amines) is 1. The molecule has 0 aromatic heterocycles. The summed E-state index contributed by atoms with van der Waals surface area (Å²) in [6, 6.07) is 12.1. The monoisotopic (exact) mass is 481 g/mol. The summed E-state index contributed by atoms with van der Waals surface area (Å²) in [5.74, 6) is -1.23. The predicted octanol–water partition coefficient (Wildman–Crippen LogP) is 3.52. The van der Waals surface area contributed by atoms with Crippen molar-refractivity contribution in [2.45, 2.75) is 57.8 Å². The SMILES string of the molecule is CC[C@@H](C)NC(=O)[C@H]1COC2(CCN(C(=O)c3cccc(F)c3)CC2)N1C(=O)c1cccc(C)c1. The van der Waals surface area contributed by atoms with Crippen LogP contribution in [0.1, 0.15) is 59.4 Å². The lowest BCUT2D eigenvalue weighted by Gasteiger charge is -2.44. The van der Waals surface area contributed by atoms with Crippen LogP contribution in [0, 0.1) is 12.7 Å². The van der Waals surface area contributed by atoms with Crippen LogP contribution in [0.5, 0.6) is 0 Å². The molecular formula is C27H32FN3O4. The van der Waals surface area contributed by atoms with Gasteiger partial charge in [-0.25, -0.2) is 4.39 Å². The van der Waals surface area contributed by atoms with Crippen LogP contribution in [-0.2, 0) is 9.53 Å². The van der Waals surface area contributed by atoms with Crippen molar-refractivity contribution in [2.75, 3.05) is 19.7 Å². The third kappa shape index (κ3) is 5.07. The molecule has 2 atom stereocenters. The Morgan fingerprint density at radius 2 is 1.74 bits per heavy atom. The van der Waals surface area contributed by atoms with Crippen LogP contribution in [0.4, 0.5) is 4.39 Å². The Labute approximate surface area is 205 Å². The molecule has 1 spiro atoms. The lowest BCUT2D eigenvalue weighted by Crippen LogP contribution is -2.60. The number of hydrogen-bond acceptors (Lipinski definition) is 4. The van der Waals surface area contributed by atoms with Crippen LogP contribution < -0.4 is 5.32 Å². The summed E-state index contributed by atoms with van der Waals surface area (Å²) in [5.41, 5.74) is 0.735. The smallest absolute Gasteiger partial charge is 0.256 e. The Morgan fingerprint density at radius 1 is 1.09 bits per heavy atom. The fourth-order valence-electron chi connectivity index (χ4n) is 4.79. The van der Waals surface area contributed by atoms with Crippen LogP contribution in [0.2, 0.25) is 0 Å². The molecular weight excluding hydrogens is 449 g/mol. The predicted molar refractivity (Wildman–Crippen MR) is 129 cm³/mol. The van der Waals surface area contributed by atoms with Gasteiger partial charge in [0.15, 0.2) is 0 Å². The molecule has 2 fully saturated rings. The fraction of sp³-hybridized carbons (Fsp3) is 0.444. The summed E-state index contributed by atoms with van der Waals surface area (Å²) in [4.78, 5) is 43.1. The van der Waals surface area contributed by atoms with Gasteiger partial charge in [0, 0.05) is 43.1 Å². The number of hydrogen-bond donors (Lipinski definition) is 1. The first-order valence-corrected chi connectivity index (χ1v) is 12.1. The molecule has 2 aliphatic rings. The zero-order valence-electron chi connectivity index (χ0n) is 20.4. The van der Waals surface area contributed by atoms with Crippen LogP contribution in [-0.4, -0.2) is 65.0 Å². The van der Waals surface area contributed by atoms with Gasteiger partial charge in [0.1, 0.15) is 17.6 Å². The van der Waals surface area contributed by atoms with Gasteiger partial charge in [0.25, 0.3) is 11.8 Å². The van der Waals surface area contributed by atoms with E-state index in [0.717, 1.165) is 12.0 Å². The molecule has 0 saturated carbocycles. The molecule has 3 amide bonds. The van der Waals surface area contributed by atoms with Crippen LogP contribution >= 0.6 is 0 Å². The number of piperidine rings is 1. The molecule has 2 aromatic rings. The minimum absolute atomic E-state index is 0.0271. The summed E-state index contributed by atoms with van der Waals surface area (Å²) in [7, 11) is 0. The van der Waals surface area contributed by atoms with Crippen molar-refractivity contribution in [3.8, 4) is 0 Å². The number of aryl methyl sites for hydroxylation is 1. The number of benzene rings is 2. The van der Waals surface area contributed by atoms with E-state index >= 15 is 0 Å². The Balaban J connectivity index is 1.58. The summed E-state index contributed by atoms with van der Waals surface area (Å²) in [6.07, 6.45) is 1.49. The highest BCUT2D eigenvalue weighted by Gasteiger charge is 2.54. The normalized spacial score (nSPS) is 20.1. The maximum absolute atomic E-state index is 13.8. The molecule has 7 nitrogen and oxygen atoms in total. The number of nitrogens with zero attached hydrogens (tertiary/aromatic N) is 2. The number of amides is 3. The molecule has 4 rings (SSSR count). The summed E-state index contributed by atoms with van der Waals surface area (Å²) in [6.45, 7) is 6.57. The van der Waals surface area contributed by atoms with Gasteiger partial charge in [-0.05, 0) is 50.6 Å². The highest BCUT2D eigenvalue weighted by Crippen LogP contribution is 2.39. The lowest BCUT2D eigenvalue weighted by atomic mass is 9.95. The van der Waals surface area contributed by atoms with Gasteiger partial charge in [0.2, 0.25) is 5.91 Å². The van der Waals surface area contributed by atoms with Crippen LogP contribution in [0.25, 0.3) is 0 Å². The third-order valence-corrected chi connectivity index (χ3v) is 6.95. The van der Waals surface area contributed by atoms with Crippen LogP contribution in [0.15, 0.2) is 48.5 Å². The first-order chi connectivity index (χ1) is 16.7. The highest BCUT2D eigenvalue weighted by molar-refractivity contribution is 5.99. The molecule has 0 aliphatic carbocycles. The molecule has 0 radical (unpaired) electrons. The zero-order chi connectivity index (χ0) is 25.2. The van der Waals surface area contributed by atoms with Gasteiger partial charge in [-0.15, -0.1) is 0 Å². The quantitative estimate of drug-likeness (QED) is 0.709. The minimum Gasteiger partial charge on any atom is -0.353 e. The van der Waals surface area contributed by atoms with E-state index in [1.165, 1.54) is 18.2 Å². The average Bonchev–Trinajstić information content (AvgIpc) is 3.22. The van der Waals surface area contributed by atoms with E-state index in [2.05, 4.69) is 5.32 Å². The standard InChI is InChI=1S/C27H32FN3O4/c1-4-19(3)29-24(32)23-17-35-27(31(23)26(34)20-8-5-7-18(2)15-20)11-13-30(14-12-27)25(33)21-9-6-10-22(28)16-21/h5-10,15-16,19,23H,4,11-14,17H2,1-3H3,(H,29,32)/t19-,23-/m1/s1. The van der Waals surface area contributed by atoms with Crippen molar-refractivity contribution in [1.29, 1.82) is 0 Å². The molecule has 0 unspecified atom stereocenters. The largest absolute Gasteiger partial charge is 0.353 e. The second kappa shape index (κ2) is 10.2. The first kappa shape index (κ1) is 24.9. The van der Waals surface area contributed by atoms with E-state index in [9.17, 15) is 18.8 Å². The van der Waals surface area contributed by atoms with E-state index in [-0.39, 0.29) is 35.9 Å². The second-order valence-corrected chi connectivity index (χ2v) is 9.44. The van der Waals surface area contributed by atoms with E-state index in [1.54, 1.807) is 28.0 Å². The number of nitrogens with one attached hydrogen (secondary N) is 1. The fourth-order valence-corrected chi connectivity index (χ4v) is 4.79. The average molecular weight is 482 g/mol. The molecule has 35 heavy (non-hydrogen) atoms. The molecule has 1 N–H and O–H groups in total. The lowest BCUT2D eigenvalue weighted by molar-refractivity contribution is -0.128. The highest BCUT2D eigenvalue weighted by atomic mass is 19.1. The van der Waals surface area contributed by atoms with Crippen molar-refractivity contribution in [2.24, 2.45) is 0 Å². The Hall–Kier alpha value is -3.26. The summed E-state index contributed by atoms with van der Waals surface area (Å²) >= 11 is 0. The topological polar surface area (TPSA) is 79.0 Å². The third-order valence-electron chi connectivity index (χ3n) is 6.95. The minimum atomic E-state index is -0.989. The van der Waals surface area contributed by atoms with Crippen LogP contribution in [0.3, 0.4) is 0 Å². The number of carbonyl (C=O) groups is 3. The maximum atomic E-state index is 13.8. The van der Waals surface area contributed by atoms with E-state index < -0.39 is 17.6 Å². The van der Waals surface area contributed by atoms with Crippen molar-refractivity contribution in [3.63, 3.8) is 0 Å².